The fourth-order valence-electron chi connectivity index (χ4n) is 4.78. The summed E-state index contributed by atoms with van der Waals surface area (Å²) in [5, 5.41) is 0. The monoisotopic (exact) mass is 486 g/mol. The van der Waals surface area contributed by atoms with Crippen molar-refractivity contribution in [2.75, 3.05) is 39.2 Å². The number of hydrogen-bond acceptors (Lipinski definition) is 3. The standard InChI is InChI=1S/C28H34N2O.2ClH/c1-5-30-27-20-24(23-13-11-22(12-14-23)21-9-7-6-8-10-21)15-16-25(27)19-26(28(30)31-4)17-18-29(2)3;;/h6-16,20,26,28H,5,17-19H2,1-4H3;2*1H. The molecule has 3 aromatic carbocycles. The van der Waals surface area contributed by atoms with Crippen molar-refractivity contribution < 1.29 is 4.74 Å². The minimum atomic E-state index is 0. The molecule has 0 radical (unpaired) electrons. The molecule has 0 bridgehead atoms. The summed E-state index contributed by atoms with van der Waals surface area (Å²) in [6, 6.07) is 26.4. The van der Waals surface area contributed by atoms with E-state index in [0.29, 0.717) is 5.92 Å². The molecule has 1 aliphatic heterocycles. The highest BCUT2D eigenvalue weighted by molar-refractivity contribution is 5.85. The van der Waals surface area contributed by atoms with Crippen molar-refractivity contribution in [3.8, 4) is 22.3 Å². The summed E-state index contributed by atoms with van der Waals surface area (Å²) in [4.78, 5) is 4.71. The number of fused-ring (bicyclic) bond motifs is 1. The molecule has 2 unspecified atom stereocenters. The van der Waals surface area contributed by atoms with Gasteiger partial charge >= 0.3 is 0 Å². The first-order valence-corrected chi connectivity index (χ1v) is 11.3. The van der Waals surface area contributed by atoms with Gasteiger partial charge in [0, 0.05) is 25.3 Å². The molecule has 3 aromatic rings. The van der Waals surface area contributed by atoms with E-state index in [9.17, 15) is 0 Å². The van der Waals surface area contributed by atoms with Gasteiger partial charge in [0.25, 0.3) is 0 Å². The zero-order valence-electron chi connectivity index (χ0n) is 20.0. The highest BCUT2D eigenvalue weighted by atomic mass is 35.5. The van der Waals surface area contributed by atoms with Crippen LogP contribution in [0.15, 0.2) is 72.8 Å². The molecular weight excluding hydrogens is 451 g/mol. The van der Waals surface area contributed by atoms with Crippen LogP contribution in [0.4, 0.5) is 5.69 Å². The second kappa shape index (κ2) is 12.4. The fraction of sp³-hybridized carbons (Fsp3) is 0.357. The number of methoxy groups -OCH3 is 1. The molecule has 0 fully saturated rings. The van der Waals surface area contributed by atoms with E-state index in [4.69, 9.17) is 4.74 Å². The van der Waals surface area contributed by atoms with Crippen molar-refractivity contribution in [2.24, 2.45) is 5.92 Å². The lowest BCUT2D eigenvalue weighted by Crippen LogP contribution is -2.47. The minimum Gasteiger partial charge on any atom is -0.361 e. The van der Waals surface area contributed by atoms with E-state index < -0.39 is 0 Å². The summed E-state index contributed by atoms with van der Waals surface area (Å²) in [5.74, 6) is 0.510. The lowest BCUT2D eigenvalue weighted by molar-refractivity contribution is 0.0385. The van der Waals surface area contributed by atoms with E-state index in [1.165, 1.54) is 33.5 Å². The van der Waals surface area contributed by atoms with Gasteiger partial charge in [-0.2, -0.15) is 0 Å². The van der Waals surface area contributed by atoms with Crippen LogP contribution >= 0.6 is 24.8 Å². The maximum atomic E-state index is 6.01. The Morgan fingerprint density at radius 2 is 1.42 bits per heavy atom. The number of hydrogen-bond donors (Lipinski definition) is 0. The molecule has 3 nitrogen and oxygen atoms in total. The van der Waals surface area contributed by atoms with Gasteiger partial charge in [-0.3, -0.25) is 0 Å². The molecule has 0 N–H and O–H groups in total. The normalized spacial score (nSPS) is 17.2. The molecule has 1 heterocycles. The number of nitrogens with zero attached hydrogens (tertiary/aromatic N) is 2. The van der Waals surface area contributed by atoms with Gasteiger partial charge in [-0.15, -0.1) is 24.8 Å². The van der Waals surface area contributed by atoms with Gasteiger partial charge in [0.15, 0.2) is 0 Å². The van der Waals surface area contributed by atoms with Crippen molar-refractivity contribution in [3.63, 3.8) is 0 Å². The number of halogens is 2. The third kappa shape index (κ3) is 6.10. The van der Waals surface area contributed by atoms with Crippen LogP contribution in [0.3, 0.4) is 0 Å². The van der Waals surface area contributed by atoms with Crippen molar-refractivity contribution in [3.05, 3.63) is 78.4 Å². The first kappa shape index (κ1) is 27.2. The first-order chi connectivity index (χ1) is 15.1. The van der Waals surface area contributed by atoms with E-state index >= 15 is 0 Å². The van der Waals surface area contributed by atoms with Gasteiger partial charge in [0.05, 0.1) is 0 Å². The summed E-state index contributed by atoms with van der Waals surface area (Å²) < 4.78 is 6.01. The van der Waals surface area contributed by atoms with Crippen LogP contribution in [0, 0.1) is 5.92 Å². The summed E-state index contributed by atoms with van der Waals surface area (Å²) in [6.45, 7) is 4.26. The predicted molar refractivity (Wildman–Crippen MR) is 146 cm³/mol. The molecule has 0 amide bonds. The van der Waals surface area contributed by atoms with E-state index in [2.05, 4.69) is 104 Å². The van der Waals surface area contributed by atoms with E-state index in [-0.39, 0.29) is 31.0 Å². The lowest BCUT2D eigenvalue weighted by Gasteiger charge is -2.43. The molecule has 0 spiro atoms. The molecule has 0 saturated carbocycles. The molecule has 33 heavy (non-hydrogen) atoms. The number of benzene rings is 3. The average Bonchev–Trinajstić information content (AvgIpc) is 2.82. The second-order valence-corrected chi connectivity index (χ2v) is 8.76. The number of anilines is 1. The Bertz CT molecular complexity index is 993. The Morgan fingerprint density at radius 3 is 2.00 bits per heavy atom. The number of ether oxygens (including phenoxy) is 1. The summed E-state index contributed by atoms with van der Waals surface area (Å²) in [7, 11) is 6.14. The van der Waals surface area contributed by atoms with E-state index in [1.807, 2.05) is 7.11 Å². The SMILES string of the molecule is CCN1c2cc(-c3ccc(-c4ccccc4)cc3)ccc2CC(CCN(C)C)C1OC.Cl.Cl. The Labute approximate surface area is 211 Å². The Hall–Kier alpha value is -2.04. The first-order valence-electron chi connectivity index (χ1n) is 11.3. The summed E-state index contributed by atoms with van der Waals surface area (Å²) in [6.07, 6.45) is 2.35. The third-order valence-corrected chi connectivity index (χ3v) is 6.44. The van der Waals surface area contributed by atoms with Crippen LogP contribution in [0.5, 0.6) is 0 Å². The van der Waals surface area contributed by atoms with E-state index in [0.717, 1.165) is 25.9 Å². The van der Waals surface area contributed by atoms with Crippen molar-refractivity contribution in [1.82, 2.24) is 4.90 Å². The van der Waals surface area contributed by atoms with Crippen molar-refractivity contribution >= 4 is 30.5 Å². The molecule has 178 valence electrons. The topological polar surface area (TPSA) is 15.7 Å². The highest BCUT2D eigenvalue weighted by Crippen LogP contribution is 2.38. The van der Waals surface area contributed by atoms with Crippen LogP contribution in [0.2, 0.25) is 0 Å². The molecule has 0 saturated heterocycles. The van der Waals surface area contributed by atoms with Crippen LogP contribution in [0.1, 0.15) is 18.9 Å². The van der Waals surface area contributed by atoms with Gasteiger partial charge in [0.2, 0.25) is 0 Å². The molecule has 2 atom stereocenters. The van der Waals surface area contributed by atoms with Crippen LogP contribution in [-0.2, 0) is 11.2 Å². The molecule has 4 rings (SSSR count). The van der Waals surface area contributed by atoms with Crippen molar-refractivity contribution in [1.29, 1.82) is 0 Å². The molecular formula is C28H36Cl2N2O. The molecule has 1 aliphatic rings. The molecule has 0 aliphatic carbocycles. The minimum absolute atomic E-state index is 0. The van der Waals surface area contributed by atoms with Gasteiger partial charge in [0.1, 0.15) is 6.23 Å². The Balaban J connectivity index is 0.00000193. The maximum absolute atomic E-state index is 6.01. The molecule has 5 heteroatoms. The van der Waals surface area contributed by atoms with E-state index in [1.54, 1.807) is 0 Å². The quantitative estimate of drug-likeness (QED) is 0.365. The highest BCUT2D eigenvalue weighted by Gasteiger charge is 2.33. The van der Waals surface area contributed by atoms with Gasteiger partial charge in [-0.1, -0.05) is 66.7 Å². The smallest absolute Gasteiger partial charge is 0.132 e. The predicted octanol–water partition coefficient (Wildman–Crippen LogP) is 6.79. The zero-order valence-corrected chi connectivity index (χ0v) is 21.7. The van der Waals surface area contributed by atoms with Crippen LogP contribution in [-0.4, -0.2) is 45.4 Å². The Morgan fingerprint density at radius 1 is 0.848 bits per heavy atom. The lowest BCUT2D eigenvalue weighted by atomic mass is 9.86. The Kier molecular flexibility index (Phi) is 10.2. The van der Waals surface area contributed by atoms with Gasteiger partial charge in [-0.05, 0) is 74.3 Å². The maximum Gasteiger partial charge on any atom is 0.132 e. The van der Waals surface area contributed by atoms with Gasteiger partial charge < -0.3 is 14.5 Å². The number of rotatable bonds is 7. The summed E-state index contributed by atoms with van der Waals surface area (Å²) >= 11 is 0. The average molecular weight is 488 g/mol. The summed E-state index contributed by atoms with van der Waals surface area (Å²) in [5.41, 5.74) is 7.77. The fourth-order valence-corrected chi connectivity index (χ4v) is 4.78. The van der Waals surface area contributed by atoms with Gasteiger partial charge in [-0.25, -0.2) is 0 Å². The van der Waals surface area contributed by atoms with Crippen molar-refractivity contribution in [2.45, 2.75) is 26.0 Å². The third-order valence-electron chi connectivity index (χ3n) is 6.44. The largest absolute Gasteiger partial charge is 0.361 e. The molecule has 0 aromatic heterocycles. The van der Waals surface area contributed by atoms with Crippen LogP contribution in [0.25, 0.3) is 22.3 Å². The van der Waals surface area contributed by atoms with Crippen LogP contribution < -0.4 is 4.90 Å². The zero-order chi connectivity index (χ0) is 21.8. The second-order valence-electron chi connectivity index (χ2n) is 8.76.